The van der Waals surface area contributed by atoms with Crippen LogP contribution in [0.4, 0.5) is 0 Å². The maximum absolute atomic E-state index is 12.3. The summed E-state index contributed by atoms with van der Waals surface area (Å²) in [6.07, 6.45) is 1.56. The smallest absolute Gasteiger partial charge is 0.246 e. The Balaban J connectivity index is 2.77. The molecule has 18 heavy (non-hydrogen) atoms. The number of hydrogen-bond donors (Lipinski definition) is 1. The lowest BCUT2D eigenvalue weighted by Crippen LogP contribution is -2.65. The van der Waals surface area contributed by atoms with Gasteiger partial charge in [-0.1, -0.05) is 13.3 Å². The molecule has 1 aliphatic rings. The third kappa shape index (κ3) is 3.22. The fourth-order valence-electron chi connectivity index (χ4n) is 2.30. The maximum Gasteiger partial charge on any atom is 0.246 e. The first kappa shape index (κ1) is 15.0. The molecule has 0 aliphatic carbocycles. The van der Waals surface area contributed by atoms with Crippen LogP contribution in [0.2, 0.25) is 0 Å². The first-order valence-electron chi connectivity index (χ1n) is 6.73. The van der Waals surface area contributed by atoms with E-state index in [0.29, 0.717) is 19.6 Å². The lowest BCUT2D eigenvalue weighted by molar-refractivity contribution is -0.152. The highest BCUT2D eigenvalue weighted by atomic mass is 16.5. The predicted octanol–water partition coefficient (Wildman–Crippen LogP) is 0.927. The molecule has 1 heterocycles. The van der Waals surface area contributed by atoms with Crippen LogP contribution in [0.25, 0.3) is 0 Å². The van der Waals surface area contributed by atoms with Crippen molar-refractivity contribution in [1.29, 1.82) is 0 Å². The second-order valence-electron chi connectivity index (χ2n) is 4.78. The molecule has 3 unspecified atom stereocenters. The molecule has 1 aliphatic heterocycles. The molecule has 1 saturated heterocycles. The topological polar surface area (TPSA) is 58.6 Å². The molecule has 0 aromatic rings. The number of ether oxygens (including phenoxy) is 1. The number of carbonyl (C=O) groups is 2. The molecule has 1 N–H and O–H groups in total. The van der Waals surface area contributed by atoms with E-state index >= 15 is 0 Å². The average Bonchev–Trinajstić information content (AvgIpc) is 2.34. The molecule has 0 spiro atoms. The molecule has 1 rings (SSSR count). The van der Waals surface area contributed by atoms with Crippen molar-refractivity contribution in [3.8, 4) is 0 Å². The Labute approximate surface area is 109 Å². The summed E-state index contributed by atoms with van der Waals surface area (Å²) in [5.41, 5.74) is 0. The molecule has 3 atom stereocenters. The van der Waals surface area contributed by atoms with Gasteiger partial charge in [-0.05, 0) is 27.2 Å². The van der Waals surface area contributed by atoms with Gasteiger partial charge in [-0.15, -0.1) is 0 Å². The van der Waals surface area contributed by atoms with Crippen molar-refractivity contribution < 1.29 is 14.3 Å². The van der Waals surface area contributed by atoms with E-state index < -0.39 is 6.04 Å². The lowest BCUT2D eigenvalue weighted by atomic mass is 10.0. The van der Waals surface area contributed by atoms with Crippen LogP contribution in [0.3, 0.4) is 0 Å². The normalized spacial score (nSPS) is 26.1. The molecule has 5 nitrogen and oxygen atoms in total. The van der Waals surface area contributed by atoms with Crippen molar-refractivity contribution in [2.75, 3.05) is 13.2 Å². The highest BCUT2D eigenvalue weighted by Crippen LogP contribution is 2.16. The monoisotopic (exact) mass is 256 g/mol. The third-order valence-electron chi connectivity index (χ3n) is 3.28. The fraction of sp³-hybridized carbons (Fsp3) is 0.846. The number of nitrogens with one attached hydrogen (secondary N) is 1. The summed E-state index contributed by atoms with van der Waals surface area (Å²) in [6, 6.07) is -0.860. The fourth-order valence-corrected chi connectivity index (χ4v) is 2.30. The zero-order valence-electron chi connectivity index (χ0n) is 11.7. The van der Waals surface area contributed by atoms with Gasteiger partial charge < -0.3 is 15.0 Å². The molecule has 1 fully saturated rings. The summed E-state index contributed by atoms with van der Waals surface area (Å²) >= 11 is 0. The molecule has 104 valence electrons. The Hall–Kier alpha value is -1.10. The second-order valence-corrected chi connectivity index (χ2v) is 4.78. The largest absolute Gasteiger partial charge is 0.380 e. The van der Waals surface area contributed by atoms with Crippen LogP contribution >= 0.6 is 0 Å². The van der Waals surface area contributed by atoms with Crippen LogP contribution in [-0.2, 0) is 14.3 Å². The van der Waals surface area contributed by atoms with Gasteiger partial charge in [0, 0.05) is 6.61 Å². The molecule has 0 aromatic carbocycles. The molecule has 0 aromatic heterocycles. The van der Waals surface area contributed by atoms with E-state index in [9.17, 15) is 9.59 Å². The molecule has 2 amide bonds. The molecule has 5 heteroatoms. The minimum atomic E-state index is -0.416. The van der Waals surface area contributed by atoms with E-state index in [1.54, 1.807) is 11.8 Å². The zero-order valence-corrected chi connectivity index (χ0v) is 11.7. The van der Waals surface area contributed by atoms with Gasteiger partial charge in [-0.3, -0.25) is 9.59 Å². The van der Waals surface area contributed by atoms with Gasteiger partial charge in [-0.2, -0.15) is 0 Å². The first-order chi connectivity index (χ1) is 8.52. The van der Waals surface area contributed by atoms with E-state index in [4.69, 9.17) is 4.74 Å². The predicted molar refractivity (Wildman–Crippen MR) is 69.1 cm³/mol. The zero-order chi connectivity index (χ0) is 13.7. The molecule has 0 bridgehead atoms. The quantitative estimate of drug-likeness (QED) is 0.769. The van der Waals surface area contributed by atoms with E-state index in [2.05, 4.69) is 5.32 Å². The Kier molecular flexibility index (Phi) is 5.59. The lowest BCUT2D eigenvalue weighted by Gasteiger charge is -2.40. The van der Waals surface area contributed by atoms with Crippen LogP contribution in [0.15, 0.2) is 0 Å². The van der Waals surface area contributed by atoms with E-state index in [0.717, 1.165) is 6.42 Å². The minimum absolute atomic E-state index is 0.0103. The first-order valence-corrected chi connectivity index (χ1v) is 6.73. The van der Waals surface area contributed by atoms with Crippen molar-refractivity contribution in [1.82, 2.24) is 10.2 Å². The Morgan fingerprint density at radius 3 is 2.61 bits per heavy atom. The second kappa shape index (κ2) is 6.73. The standard InChI is InChI=1S/C13H24N2O3/c1-5-7-11-13(17)15(9(3)8-18-6-2)10(4)12(16)14-11/h9-11H,5-8H2,1-4H3,(H,14,16). The summed E-state index contributed by atoms with van der Waals surface area (Å²) in [5, 5.41) is 2.79. The number of piperazine rings is 1. The SMILES string of the molecule is CCCC1NC(=O)C(C)N(C(C)COCC)C1=O. The Morgan fingerprint density at radius 2 is 2.06 bits per heavy atom. The summed E-state index contributed by atoms with van der Waals surface area (Å²) in [7, 11) is 0. The van der Waals surface area contributed by atoms with Gasteiger partial charge in [0.05, 0.1) is 12.6 Å². The van der Waals surface area contributed by atoms with E-state index in [1.807, 2.05) is 20.8 Å². The van der Waals surface area contributed by atoms with Crippen LogP contribution in [0.1, 0.15) is 40.5 Å². The number of rotatable bonds is 6. The van der Waals surface area contributed by atoms with Crippen molar-refractivity contribution in [2.45, 2.75) is 58.7 Å². The van der Waals surface area contributed by atoms with Crippen LogP contribution in [0, 0.1) is 0 Å². The Morgan fingerprint density at radius 1 is 1.39 bits per heavy atom. The number of carbonyl (C=O) groups excluding carboxylic acids is 2. The van der Waals surface area contributed by atoms with Crippen LogP contribution < -0.4 is 5.32 Å². The van der Waals surface area contributed by atoms with Crippen molar-refractivity contribution in [3.63, 3.8) is 0 Å². The minimum Gasteiger partial charge on any atom is -0.380 e. The van der Waals surface area contributed by atoms with E-state index in [1.165, 1.54) is 0 Å². The van der Waals surface area contributed by atoms with Crippen LogP contribution in [0.5, 0.6) is 0 Å². The van der Waals surface area contributed by atoms with Crippen molar-refractivity contribution in [3.05, 3.63) is 0 Å². The molecule has 0 radical (unpaired) electrons. The summed E-state index contributed by atoms with van der Waals surface area (Å²) < 4.78 is 5.35. The van der Waals surface area contributed by atoms with Gasteiger partial charge in [-0.25, -0.2) is 0 Å². The van der Waals surface area contributed by atoms with Gasteiger partial charge in [0.25, 0.3) is 0 Å². The van der Waals surface area contributed by atoms with Gasteiger partial charge in [0.1, 0.15) is 12.1 Å². The highest BCUT2D eigenvalue weighted by Gasteiger charge is 2.39. The van der Waals surface area contributed by atoms with Gasteiger partial charge >= 0.3 is 0 Å². The molecular formula is C13H24N2O3. The summed E-state index contributed by atoms with van der Waals surface area (Å²) in [6.45, 7) is 8.69. The van der Waals surface area contributed by atoms with Crippen LogP contribution in [-0.4, -0.2) is 48.1 Å². The summed E-state index contributed by atoms with van der Waals surface area (Å²) in [5.74, 6) is -0.0625. The molecular weight excluding hydrogens is 232 g/mol. The number of nitrogens with zero attached hydrogens (tertiary/aromatic N) is 1. The summed E-state index contributed by atoms with van der Waals surface area (Å²) in [4.78, 5) is 25.9. The Bertz CT molecular complexity index is 307. The van der Waals surface area contributed by atoms with Crippen molar-refractivity contribution in [2.24, 2.45) is 0 Å². The van der Waals surface area contributed by atoms with E-state index in [-0.39, 0.29) is 23.9 Å². The average molecular weight is 256 g/mol. The number of hydrogen-bond acceptors (Lipinski definition) is 3. The highest BCUT2D eigenvalue weighted by molar-refractivity contribution is 5.96. The van der Waals surface area contributed by atoms with Gasteiger partial charge in [0.15, 0.2) is 0 Å². The number of amides is 2. The maximum atomic E-state index is 12.3. The van der Waals surface area contributed by atoms with Gasteiger partial charge in [0.2, 0.25) is 11.8 Å². The third-order valence-corrected chi connectivity index (χ3v) is 3.28. The molecule has 0 saturated carbocycles. The van der Waals surface area contributed by atoms with Crippen molar-refractivity contribution >= 4 is 11.8 Å².